The SMILES string of the molecule is CC(=O)c1ccn(CCN2CCOCC2)c1C. The lowest BCUT2D eigenvalue weighted by molar-refractivity contribution is 0.0363. The van der Waals surface area contributed by atoms with Gasteiger partial charge in [0, 0.05) is 43.6 Å². The summed E-state index contributed by atoms with van der Waals surface area (Å²) in [5.74, 6) is 0.146. The monoisotopic (exact) mass is 236 g/mol. The van der Waals surface area contributed by atoms with E-state index < -0.39 is 0 Å². The fraction of sp³-hybridized carbons (Fsp3) is 0.615. The average molecular weight is 236 g/mol. The Morgan fingerprint density at radius 1 is 1.35 bits per heavy atom. The lowest BCUT2D eigenvalue weighted by Crippen LogP contribution is -2.38. The van der Waals surface area contributed by atoms with Gasteiger partial charge in [0.15, 0.2) is 5.78 Å². The first-order valence-corrected chi connectivity index (χ1v) is 6.15. The zero-order valence-electron chi connectivity index (χ0n) is 10.6. The van der Waals surface area contributed by atoms with Crippen LogP contribution in [0.5, 0.6) is 0 Å². The Labute approximate surface area is 102 Å². The van der Waals surface area contributed by atoms with Crippen LogP contribution in [-0.2, 0) is 11.3 Å². The summed E-state index contributed by atoms with van der Waals surface area (Å²) in [7, 11) is 0. The normalized spacial score (nSPS) is 17.3. The molecule has 1 fully saturated rings. The summed E-state index contributed by atoms with van der Waals surface area (Å²) in [6.45, 7) is 9.30. The van der Waals surface area contributed by atoms with Gasteiger partial charge < -0.3 is 9.30 Å². The average Bonchev–Trinajstić information content (AvgIpc) is 2.69. The van der Waals surface area contributed by atoms with Crippen molar-refractivity contribution in [2.75, 3.05) is 32.8 Å². The summed E-state index contributed by atoms with van der Waals surface area (Å²) in [6.07, 6.45) is 2.01. The molecule has 94 valence electrons. The first-order valence-electron chi connectivity index (χ1n) is 6.15. The smallest absolute Gasteiger partial charge is 0.161 e. The number of nitrogens with zero attached hydrogens (tertiary/aromatic N) is 2. The van der Waals surface area contributed by atoms with Crippen LogP contribution >= 0.6 is 0 Å². The van der Waals surface area contributed by atoms with E-state index in [0.29, 0.717) is 0 Å². The summed E-state index contributed by atoms with van der Waals surface area (Å²) in [5, 5.41) is 0. The molecule has 0 radical (unpaired) electrons. The predicted molar refractivity (Wildman–Crippen MR) is 66.4 cm³/mol. The van der Waals surface area contributed by atoms with E-state index in [1.165, 1.54) is 0 Å². The van der Waals surface area contributed by atoms with Gasteiger partial charge in [0.25, 0.3) is 0 Å². The molecule has 4 nitrogen and oxygen atoms in total. The molecule has 1 aromatic rings. The maximum atomic E-state index is 11.3. The highest BCUT2D eigenvalue weighted by Crippen LogP contribution is 2.11. The van der Waals surface area contributed by atoms with Gasteiger partial charge in [-0.2, -0.15) is 0 Å². The number of morpholine rings is 1. The van der Waals surface area contributed by atoms with Crippen molar-refractivity contribution in [2.24, 2.45) is 0 Å². The van der Waals surface area contributed by atoms with E-state index in [2.05, 4.69) is 9.47 Å². The van der Waals surface area contributed by atoms with Crippen LogP contribution in [0.25, 0.3) is 0 Å². The zero-order chi connectivity index (χ0) is 12.3. The van der Waals surface area contributed by atoms with Gasteiger partial charge in [-0.25, -0.2) is 0 Å². The van der Waals surface area contributed by atoms with Gasteiger partial charge in [0.1, 0.15) is 0 Å². The summed E-state index contributed by atoms with van der Waals surface area (Å²) in [6, 6.07) is 1.91. The molecule has 4 heteroatoms. The van der Waals surface area contributed by atoms with Crippen molar-refractivity contribution < 1.29 is 9.53 Å². The minimum Gasteiger partial charge on any atom is -0.379 e. The van der Waals surface area contributed by atoms with Gasteiger partial charge in [0.05, 0.1) is 13.2 Å². The molecule has 0 aromatic carbocycles. The zero-order valence-corrected chi connectivity index (χ0v) is 10.6. The minimum absolute atomic E-state index is 0.146. The second kappa shape index (κ2) is 5.47. The van der Waals surface area contributed by atoms with Gasteiger partial charge in [-0.3, -0.25) is 9.69 Å². The molecule has 1 saturated heterocycles. The standard InChI is InChI=1S/C13H20N2O2/c1-11-13(12(2)16)3-4-15(11)6-5-14-7-9-17-10-8-14/h3-4H,5-10H2,1-2H3. The second-order valence-corrected chi connectivity index (χ2v) is 4.52. The lowest BCUT2D eigenvalue weighted by Gasteiger charge is -2.26. The molecular formula is C13H20N2O2. The van der Waals surface area contributed by atoms with Gasteiger partial charge in [-0.15, -0.1) is 0 Å². The first kappa shape index (κ1) is 12.3. The van der Waals surface area contributed by atoms with Crippen molar-refractivity contribution in [3.63, 3.8) is 0 Å². The molecule has 0 saturated carbocycles. The number of ketones is 1. The van der Waals surface area contributed by atoms with E-state index in [0.717, 1.165) is 50.7 Å². The third-order valence-corrected chi connectivity index (χ3v) is 3.38. The minimum atomic E-state index is 0.146. The molecule has 1 aliphatic rings. The van der Waals surface area contributed by atoms with E-state index in [1.807, 2.05) is 19.2 Å². The molecule has 1 aromatic heterocycles. The number of ether oxygens (including phenoxy) is 1. The molecule has 0 aliphatic carbocycles. The molecule has 0 spiro atoms. The summed E-state index contributed by atoms with van der Waals surface area (Å²) in [5.41, 5.74) is 1.91. The Hall–Kier alpha value is -1.13. The molecule has 2 rings (SSSR count). The molecule has 2 heterocycles. The maximum Gasteiger partial charge on any atom is 0.161 e. The van der Waals surface area contributed by atoms with Gasteiger partial charge in [0.2, 0.25) is 0 Å². The highest BCUT2D eigenvalue weighted by molar-refractivity contribution is 5.95. The van der Waals surface area contributed by atoms with Crippen LogP contribution in [0.15, 0.2) is 12.3 Å². The van der Waals surface area contributed by atoms with Crippen molar-refractivity contribution in [1.82, 2.24) is 9.47 Å². The number of Topliss-reactive ketones (excluding diaryl/α,β-unsaturated/α-hetero) is 1. The quantitative estimate of drug-likeness (QED) is 0.740. The number of hydrogen-bond donors (Lipinski definition) is 0. The Morgan fingerprint density at radius 3 is 2.65 bits per heavy atom. The van der Waals surface area contributed by atoms with E-state index in [9.17, 15) is 4.79 Å². The first-order chi connectivity index (χ1) is 8.18. The number of carbonyl (C=O) groups is 1. The van der Waals surface area contributed by atoms with Crippen molar-refractivity contribution in [3.8, 4) is 0 Å². The molecular weight excluding hydrogens is 216 g/mol. The van der Waals surface area contributed by atoms with Crippen LogP contribution < -0.4 is 0 Å². The highest BCUT2D eigenvalue weighted by Gasteiger charge is 2.12. The van der Waals surface area contributed by atoms with Crippen LogP contribution in [0.2, 0.25) is 0 Å². The van der Waals surface area contributed by atoms with Crippen molar-refractivity contribution >= 4 is 5.78 Å². The molecule has 0 unspecified atom stereocenters. The Morgan fingerprint density at radius 2 is 2.06 bits per heavy atom. The van der Waals surface area contributed by atoms with Crippen molar-refractivity contribution in [2.45, 2.75) is 20.4 Å². The Kier molecular flexibility index (Phi) is 3.97. The summed E-state index contributed by atoms with van der Waals surface area (Å²) >= 11 is 0. The number of rotatable bonds is 4. The van der Waals surface area contributed by atoms with Crippen LogP contribution in [0.4, 0.5) is 0 Å². The number of aromatic nitrogens is 1. The van der Waals surface area contributed by atoms with E-state index in [4.69, 9.17) is 4.74 Å². The van der Waals surface area contributed by atoms with E-state index in [-0.39, 0.29) is 5.78 Å². The Bertz CT molecular complexity index is 392. The van der Waals surface area contributed by atoms with Crippen LogP contribution in [-0.4, -0.2) is 48.1 Å². The molecule has 1 aliphatic heterocycles. The largest absolute Gasteiger partial charge is 0.379 e. The molecule has 0 N–H and O–H groups in total. The summed E-state index contributed by atoms with van der Waals surface area (Å²) < 4.78 is 7.48. The predicted octanol–water partition coefficient (Wildman–Crippen LogP) is 1.33. The van der Waals surface area contributed by atoms with Gasteiger partial charge >= 0.3 is 0 Å². The highest BCUT2D eigenvalue weighted by atomic mass is 16.5. The number of carbonyl (C=O) groups excluding carboxylic acids is 1. The fourth-order valence-electron chi connectivity index (χ4n) is 2.24. The van der Waals surface area contributed by atoms with Crippen LogP contribution in [0.1, 0.15) is 23.0 Å². The van der Waals surface area contributed by atoms with Crippen LogP contribution in [0.3, 0.4) is 0 Å². The molecule has 0 bridgehead atoms. The fourth-order valence-corrected chi connectivity index (χ4v) is 2.24. The van der Waals surface area contributed by atoms with E-state index in [1.54, 1.807) is 6.92 Å². The third kappa shape index (κ3) is 2.96. The van der Waals surface area contributed by atoms with Gasteiger partial charge in [-0.1, -0.05) is 0 Å². The number of hydrogen-bond acceptors (Lipinski definition) is 3. The third-order valence-electron chi connectivity index (χ3n) is 3.38. The maximum absolute atomic E-state index is 11.3. The Balaban J connectivity index is 1.92. The summed E-state index contributed by atoms with van der Waals surface area (Å²) in [4.78, 5) is 13.7. The van der Waals surface area contributed by atoms with Gasteiger partial charge in [-0.05, 0) is 19.9 Å². The lowest BCUT2D eigenvalue weighted by atomic mass is 10.2. The molecule has 0 atom stereocenters. The molecule has 17 heavy (non-hydrogen) atoms. The van der Waals surface area contributed by atoms with E-state index >= 15 is 0 Å². The molecule has 0 amide bonds. The topological polar surface area (TPSA) is 34.5 Å². The van der Waals surface area contributed by atoms with Crippen LogP contribution in [0, 0.1) is 6.92 Å². The van der Waals surface area contributed by atoms with Crippen molar-refractivity contribution in [3.05, 3.63) is 23.5 Å². The van der Waals surface area contributed by atoms with Crippen molar-refractivity contribution in [1.29, 1.82) is 0 Å². The second-order valence-electron chi connectivity index (χ2n) is 4.52.